The third-order valence-electron chi connectivity index (χ3n) is 5.93. The molecule has 0 aliphatic carbocycles. The van der Waals surface area contributed by atoms with Crippen LogP contribution in [0.5, 0.6) is 0 Å². The molecule has 4 atom stereocenters. The first kappa shape index (κ1) is 19.4. The van der Waals surface area contributed by atoms with Crippen molar-refractivity contribution in [2.75, 3.05) is 26.8 Å². The summed E-state index contributed by atoms with van der Waals surface area (Å²) in [6, 6.07) is 1.39. The van der Waals surface area contributed by atoms with Gasteiger partial charge in [0.15, 0.2) is 0 Å². The van der Waals surface area contributed by atoms with Crippen LogP contribution < -0.4 is 10.6 Å². The monoisotopic (exact) mass is 403 g/mol. The second-order valence-electron chi connectivity index (χ2n) is 7.79. The smallest absolute Gasteiger partial charge is 0.271 e. The zero-order valence-electron chi connectivity index (χ0n) is 16.5. The molecule has 156 valence electrons. The van der Waals surface area contributed by atoms with Gasteiger partial charge in [-0.15, -0.1) is 0 Å². The van der Waals surface area contributed by atoms with Gasteiger partial charge in [0.1, 0.15) is 24.4 Å². The minimum Gasteiger partial charge on any atom is -0.375 e. The minimum absolute atomic E-state index is 0.0784. The standard InChI is InChI=1S/C19H25N5O5/c1-22-6-3-4-13(22)18(27)23-7-5-12-16(23)19(28)24-9-11(20-15(25)10-29-2)8-14(24)17(26)21-12/h3-4,6,11-12,14,16H,5,7-10H2,1-2H3,(H,20,25)(H,21,26). The largest absolute Gasteiger partial charge is 0.375 e. The molecule has 3 aliphatic rings. The molecule has 10 heteroatoms. The molecule has 0 spiro atoms. The number of aryl methyl sites for hydroxylation is 1. The van der Waals surface area contributed by atoms with Crippen LogP contribution >= 0.6 is 0 Å². The van der Waals surface area contributed by atoms with Crippen molar-refractivity contribution in [1.29, 1.82) is 0 Å². The fraction of sp³-hybridized carbons (Fsp3) is 0.579. The molecule has 10 nitrogen and oxygen atoms in total. The molecule has 0 saturated carbocycles. The molecule has 0 radical (unpaired) electrons. The van der Waals surface area contributed by atoms with Crippen molar-refractivity contribution < 1.29 is 23.9 Å². The van der Waals surface area contributed by atoms with E-state index in [2.05, 4.69) is 10.6 Å². The van der Waals surface area contributed by atoms with Gasteiger partial charge in [-0.25, -0.2) is 0 Å². The number of amides is 4. The summed E-state index contributed by atoms with van der Waals surface area (Å²) >= 11 is 0. The predicted octanol–water partition coefficient (Wildman–Crippen LogP) is -1.53. The summed E-state index contributed by atoms with van der Waals surface area (Å²) in [4.78, 5) is 54.1. The van der Waals surface area contributed by atoms with Crippen molar-refractivity contribution in [1.82, 2.24) is 25.0 Å². The maximum Gasteiger partial charge on any atom is 0.271 e. The van der Waals surface area contributed by atoms with Crippen molar-refractivity contribution in [3.63, 3.8) is 0 Å². The Hall–Kier alpha value is -2.88. The first-order valence-corrected chi connectivity index (χ1v) is 9.72. The normalized spacial score (nSPS) is 28.6. The Morgan fingerprint density at radius 3 is 2.83 bits per heavy atom. The summed E-state index contributed by atoms with van der Waals surface area (Å²) in [5.74, 6) is -0.998. The summed E-state index contributed by atoms with van der Waals surface area (Å²) in [5, 5.41) is 5.75. The topological polar surface area (TPSA) is 113 Å². The molecule has 2 N–H and O–H groups in total. The number of hydrogen-bond acceptors (Lipinski definition) is 5. The number of rotatable bonds is 4. The summed E-state index contributed by atoms with van der Waals surface area (Å²) in [7, 11) is 3.21. The van der Waals surface area contributed by atoms with Gasteiger partial charge in [-0.1, -0.05) is 0 Å². The average molecular weight is 403 g/mol. The molecule has 1 aromatic heterocycles. The minimum atomic E-state index is -0.736. The Kier molecular flexibility index (Phi) is 5.03. The van der Waals surface area contributed by atoms with E-state index in [9.17, 15) is 19.2 Å². The van der Waals surface area contributed by atoms with Crippen molar-refractivity contribution in [2.24, 2.45) is 7.05 Å². The highest BCUT2D eigenvalue weighted by molar-refractivity contribution is 6.00. The zero-order chi connectivity index (χ0) is 20.7. The number of nitrogens with one attached hydrogen (secondary N) is 2. The molecule has 3 saturated heterocycles. The fourth-order valence-electron chi connectivity index (χ4n) is 4.59. The number of methoxy groups -OCH3 is 1. The molecule has 4 heterocycles. The highest BCUT2D eigenvalue weighted by Crippen LogP contribution is 2.30. The van der Waals surface area contributed by atoms with Crippen LogP contribution in [0.3, 0.4) is 0 Å². The second kappa shape index (κ2) is 7.51. The Balaban J connectivity index is 1.55. The van der Waals surface area contributed by atoms with Crippen LogP contribution in [-0.2, 0) is 26.2 Å². The lowest BCUT2D eigenvalue weighted by Crippen LogP contribution is -2.53. The molecule has 1 aromatic rings. The van der Waals surface area contributed by atoms with Gasteiger partial charge in [-0.3, -0.25) is 19.2 Å². The molecule has 0 bridgehead atoms. The summed E-state index contributed by atoms with van der Waals surface area (Å²) in [6.07, 6.45) is 2.66. The average Bonchev–Trinajstić information content (AvgIpc) is 3.38. The van der Waals surface area contributed by atoms with E-state index in [4.69, 9.17) is 4.74 Å². The van der Waals surface area contributed by atoms with E-state index in [-0.39, 0.29) is 42.8 Å². The number of nitrogens with zero attached hydrogens (tertiary/aromatic N) is 3. The number of aromatic nitrogens is 1. The molecular formula is C19H25N5O5. The van der Waals surface area contributed by atoms with Crippen LogP contribution in [0, 0.1) is 0 Å². The van der Waals surface area contributed by atoms with E-state index in [1.54, 1.807) is 34.8 Å². The van der Waals surface area contributed by atoms with Crippen molar-refractivity contribution in [3.05, 3.63) is 24.0 Å². The number of carbonyl (C=O) groups is 4. The van der Waals surface area contributed by atoms with E-state index in [1.807, 2.05) is 0 Å². The van der Waals surface area contributed by atoms with Gasteiger partial charge in [0, 0.05) is 39.5 Å². The number of fused-ring (bicyclic) bond motifs is 2. The first-order chi connectivity index (χ1) is 13.9. The number of ether oxygens (including phenoxy) is 1. The molecule has 4 unspecified atom stereocenters. The van der Waals surface area contributed by atoms with E-state index in [0.29, 0.717) is 25.1 Å². The third kappa shape index (κ3) is 3.37. The van der Waals surface area contributed by atoms with Gasteiger partial charge in [-0.2, -0.15) is 0 Å². The van der Waals surface area contributed by atoms with Crippen LogP contribution in [0.4, 0.5) is 0 Å². The quantitative estimate of drug-likeness (QED) is 0.633. The van der Waals surface area contributed by atoms with Gasteiger partial charge in [0.25, 0.3) is 5.91 Å². The van der Waals surface area contributed by atoms with E-state index in [0.717, 1.165) is 0 Å². The number of likely N-dealkylation sites (tertiary alicyclic amines) is 1. The van der Waals surface area contributed by atoms with E-state index < -0.39 is 18.1 Å². The maximum absolute atomic E-state index is 13.4. The van der Waals surface area contributed by atoms with Crippen LogP contribution in [0.2, 0.25) is 0 Å². The van der Waals surface area contributed by atoms with Crippen molar-refractivity contribution in [3.8, 4) is 0 Å². The molecule has 4 amide bonds. The summed E-state index contributed by atoms with van der Waals surface area (Å²) in [6.45, 7) is 0.560. The number of hydrogen-bond donors (Lipinski definition) is 2. The molecular weight excluding hydrogens is 378 g/mol. The van der Waals surface area contributed by atoms with E-state index >= 15 is 0 Å². The lowest BCUT2D eigenvalue weighted by molar-refractivity contribution is -0.138. The van der Waals surface area contributed by atoms with Gasteiger partial charge in [0.05, 0.1) is 6.04 Å². The lowest BCUT2D eigenvalue weighted by Gasteiger charge is -2.29. The van der Waals surface area contributed by atoms with Crippen molar-refractivity contribution >= 4 is 23.6 Å². The molecule has 3 fully saturated rings. The lowest BCUT2D eigenvalue weighted by atomic mass is 10.1. The van der Waals surface area contributed by atoms with Crippen molar-refractivity contribution in [2.45, 2.75) is 37.0 Å². The fourth-order valence-corrected chi connectivity index (χ4v) is 4.59. The predicted molar refractivity (Wildman–Crippen MR) is 101 cm³/mol. The van der Waals surface area contributed by atoms with Gasteiger partial charge in [0.2, 0.25) is 17.7 Å². The highest BCUT2D eigenvalue weighted by atomic mass is 16.5. The van der Waals surface area contributed by atoms with Gasteiger partial charge in [-0.05, 0) is 25.0 Å². The molecule has 29 heavy (non-hydrogen) atoms. The zero-order valence-corrected chi connectivity index (χ0v) is 16.5. The van der Waals surface area contributed by atoms with Crippen LogP contribution in [0.1, 0.15) is 23.3 Å². The summed E-state index contributed by atoms with van der Waals surface area (Å²) in [5.41, 5.74) is 0.497. The molecule has 4 rings (SSSR count). The van der Waals surface area contributed by atoms with Crippen LogP contribution in [0.15, 0.2) is 18.3 Å². The SMILES string of the molecule is COCC(=O)NC1CC2C(=O)NC3CCN(C(=O)c4cccn4C)C3C(=O)N2C1. The first-order valence-electron chi connectivity index (χ1n) is 9.72. The Morgan fingerprint density at radius 1 is 1.34 bits per heavy atom. The maximum atomic E-state index is 13.4. The highest BCUT2D eigenvalue weighted by Gasteiger charge is 2.52. The Morgan fingerprint density at radius 2 is 2.14 bits per heavy atom. The molecule has 3 aliphatic heterocycles. The second-order valence-corrected chi connectivity index (χ2v) is 7.79. The van der Waals surface area contributed by atoms with Gasteiger partial charge >= 0.3 is 0 Å². The Bertz CT molecular complexity index is 852. The van der Waals surface area contributed by atoms with Crippen LogP contribution in [-0.4, -0.2) is 89.0 Å². The van der Waals surface area contributed by atoms with E-state index in [1.165, 1.54) is 12.0 Å². The molecule has 0 aromatic carbocycles. The third-order valence-corrected chi connectivity index (χ3v) is 5.93. The summed E-state index contributed by atoms with van der Waals surface area (Å²) < 4.78 is 6.54. The van der Waals surface area contributed by atoms with Gasteiger partial charge < -0.3 is 29.7 Å². The van der Waals surface area contributed by atoms with Crippen LogP contribution in [0.25, 0.3) is 0 Å². The Labute approximate surface area is 168 Å². The number of carbonyl (C=O) groups excluding carboxylic acids is 4.